The van der Waals surface area contributed by atoms with Gasteiger partial charge in [0.2, 0.25) is 0 Å². The maximum atomic E-state index is 14.4. The van der Waals surface area contributed by atoms with Crippen molar-refractivity contribution in [2.75, 3.05) is 51.9 Å². The molecule has 0 N–H and O–H groups in total. The van der Waals surface area contributed by atoms with Gasteiger partial charge in [0, 0.05) is 38.9 Å². The number of methoxy groups -OCH3 is 2. The van der Waals surface area contributed by atoms with Crippen molar-refractivity contribution in [1.82, 2.24) is 4.90 Å². The van der Waals surface area contributed by atoms with Gasteiger partial charge in [-0.25, -0.2) is 4.39 Å². The van der Waals surface area contributed by atoms with E-state index in [2.05, 4.69) is 4.74 Å². The molecule has 7 heteroatoms. The highest BCUT2D eigenvalue weighted by molar-refractivity contribution is 5.94. The topological polar surface area (TPSA) is 59.1 Å². The molecule has 0 radical (unpaired) electrons. The molecule has 1 amide bonds. The molecule has 25 heavy (non-hydrogen) atoms. The van der Waals surface area contributed by atoms with Crippen LogP contribution in [0.3, 0.4) is 0 Å². The summed E-state index contributed by atoms with van der Waals surface area (Å²) in [4.78, 5) is 27.5. The van der Waals surface area contributed by atoms with Crippen LogP contribution in [0, 0.1) is 5.82 Å². The van der Waals surface area contributed by atoms with Gasteiger partial charge in [0.05, 0.1) is 25.8 Å². The first-order valence-electron chi connectivity index (χ1n) is 8.46. The molecule has 0 saturated carbocycles. The van der Waals surface area contributed by atoms with Gasteiger partial charge in [0.1, 0.15) is 5.82 Å². The number of anilines is 1. The fraction of sp³-hybridized carbons (Fsp3) is 0.556. The molecule has 0 aromatic heterocycles. The van der Waals surface area contributed by atoms with Crippen molar-refractivity contribution >= 4 is 17.6 Å². The molecule has 0 aliphatic carbocycles. The first kappa shape index (κ1) is 19.2. The van der Waals surface area contributed by atoms with E-state index in [-0.39, 0.29) is 24.4 Å². The van der Waals surface area contributed by atoms with Gasteiger partial charge in [0.15, 0.2) is 0 Å². The zero-order valence-corrected chi connectivity index (χ0v) is 14.8. The van der Waals surface area contributed by atoms with Crippen LogP contribution in [-0.2, 0) is 14.3 Å². The highest BCUT2D eigenvalue weighted by Crippen LogP contribution is 2.25. The highest BCUT2D eigenvalue weighted by Gasteiger charge is 2.21. The van der Waals surface area contributed by atoms with Crippen LogP contribution in [0.2, 0.25) is 0 Å². The Labute approximate surface area is 147 Å². The smallest absolute Gasteiger partial charge is 0.307 e. The van der Waals surface area contributed by atoms with Gasteiger partial charge in [0.25, 0.3) is 5.91 Å². The van der Waals surface area contributed by atoms with Crippen LogP contribution in [-0.4, -0.2) is 63.8 Å². The summed E-state index contributed by atoms with van der Waals surface area (Å²) in [5.74, 6) is -1.12. The third-order valence-corrected chi connectivity index (χ3v) is 4.31. The largest absolute Gasteiger partial charge is 0.469 e. The van der Waals surface area contributed by atoms with E-state index in [1.54, 1.807) is 12.1 Å². The number of hydrogen-bond acceptors (Lipinski definition) is 5. The Hall–Kier alpha value is -2.15. The Bertz CT molecular complexity index is 603. The lowest BCUT2D eigenvalue weighted by Gasteiger charge is -2.23. The number of esters is 1. The van der Waals surface area contributed by atoms with Crippen LogP contribution >= 0.6 is 0 Å². The minimum absolute atomic E-state index is 0.0836. The average Bonchev–Trinajstić information content (AvgIpc) is 3.15. The normalized spacial score (nSPS) is 13.8. The van der Waals surface area contributed by atoms with Crippen molar-refractivity contribution in [2.45, 2.75) is 19.3 Å². The van der Waals surface area contributed by atoms with Crippen LogP contribution < -0.4 is 4.90 Å². The lowest BCUT2D eigenvalue weighted by molar-refractivity contribution is -0.140. The molecule has 1 aromatic rings. The van der Waals surface area contributed by atoms with Crippen LogP contribution in [0.4, 0.5) is 10.1 Å². The Morgan fingerprint density at radius 3 is 2.52 bits per heavy atom. The second-order valence-electron chi connectivity index (χ2n) is 5.97. The third kappa shape index (κ3) is 5.16. The molecule has 1 aliphatic rings. The Balaban J connectivity index is 2.10. The van der Waals surface area contributed by atoms with E-state index >= 15 is 0 Å². The van der Waals surface area contributed by atoms with E-state index in [0.29, 0.717) is 18.8 Å². The maximum Gasteiger partial charge on any atom is 0.307 e. The highest BCUT2D eigenvalue weighted by atomic mass is 19.1. The quantitative estimate of drug-likeness (QED) is 0.671. The minimum atomic E-state index is -0.397. The summed E-state index contributed by atoms with van der Waals surface area (Å²) in [5, 5.41) is 0. The van der Waals surface area contributed by atoms with Gasteiger partial charge in [-0.3, -0.25) is 9.59 Å². The zero-order chi connectivity index (χ0) is 18.2. The van der Waals surface area contributed by atoms with E-state index < -0.39 is 11.8 Å². The van der Waals surface area contributed by atoms with E-state index in [1.165, 1.54) is 25.2 Å². The Kier molecular flexibility index (Phi) is 7.18. The van der Waals surface area contributed by atoms with Crippen molar-refractivity contribution in [3.63, 3.8) is 0 Å². The first-order chi connectivity index (χ1) is 12.1. The van der Waals surface area contributed by atoms with Crippen LogP contribution in [0.5, 0.6) is 0 Å². The summed E-state index contributed by atoms with van der Waals surface area (Å²) in [5.41, 5.74) is 0.800. The van der Waals surface area contributed by atoms with Gasteiger partial charge in [-0.2, -0.15) is 0 Å². The molecule has 1 aromatic carbocycles. The monoisotopic (exact) mass is 352 g/mol. The number of amides is 1. The van der Waals surface area contributed by atoms with Gasteiger partial charge >= 0.3 is 5.97 Å². The van der Waals surface area contributed by atoms with E-state index in [9.17, 15) is 14.0 Å². The maximum absolute atomic E-state index is 14.4. The summed E-state index contributed by atoms with van der Waals surface area (Å²) in [6.07, 6.45) is 2.19. The van der Waals surface area contributed by atoms with Gasteiger partial charge in [-0.15, -0.1) is 0 Å². The van der Waals surface area contributed by atoms with E-state index in [4.69, 9.17) is 4.74 Å². The second-order valence-corrected chi connectivity index (χ2v) is 5.97. The first-order valence-corrected chi connectivity index (χ1v) is 8.46. The number of hydrogen-bond donors (Lipinski definition) is 0. The second kappa shape index (κ2) is 9.36. The van der Waals surface area contributed by atoms with Crippen molar-refractivity contribution in [3.8, 4) is 0 Å². The van der Waals surface area contributed by atoms with Gasteiger partial charge < -0.3 is 19.3 Å². The zero-order valence-electron chi connectivity index (χ0n) is 14.8. The lowest BCUT2D eigenvalue weighted by atomic mass is 10.1. The fourth-order valence-corrected chi connectivity index (χ4v) is 2.88. The molecule has 0 bridgehead atoms. The molecule has 1 heterocycles. The van der Waals surface area contributed by atoms with E-state index in [1.807, 2.05) is 4.90 Å². The molecule has 0 atom stereocenters. The molecule has 1 saturated heterocycles. The number of rotatable bonds is 8. The predicted molar refractivity (Wildman–Crippen MR) is 92.3 cm³/mol. The predicted octanol–water partition coefficient (Wildman–Crippen LogP) is 2.08. The summed E-state index contributed by atoms with van der Waals surface area (Å²) in [6.45, 7) is 2.53. The number of nitrogens with zero attached hydrogens (tertiary/aromatic N) is 2. The lowest BCUT2D eigenvalue weighted by Crippen LogP contribution is -2.36. The minimum Gasteiger partial charge on any atom is -0.469 e. The molecular formula is C18H25FN2O4. The van der Waals surface area contributed by atoms with E-state index in [0.717, 1.165) is 25.9 Å². The molecule has 138 valence electrons. The number of carbonyl (C=O) groups excluding carboxylic acids is 2. The number of benzene rings is 1. The Morgan fingerprint density at radius 1 is 1.20 bits per heavy atom. The van der Waals surface area contributed by atoms with Crippen LogP contribution in [0.15, 0.2) is 18.2 Å². The molecule has 0 spiro atoms. The van der Waals surface area contributed by atoms with Gasteiger partial charge in [-0.1, -0.05) is 0 Å². The summed E-state index contributed by atoms with van der Waals surface area (Å²) in [7, 11) is 2.84. The van der Waals surface area contributed by atoms with Gasteiger partial charge in [-0.05, 0) is 31.0 Å². The van der Waals surface area contributed by atoms with Crippen molar-refractivity contribution in [1.29, 1.82) is 0 Å². The third-order valence-electron chi connectivity index (χ3n) is 4.31. The fourth-order valence-electron chi connectivity index (χ4n) is 2.88. The standard InChI is InChI=1S/C18H25FN2O4/c1-24-12-11-21(10-7-17(22)25-2)18(23)14-5-6-16(15(19)13-14)20-8-3-4-9-20/h5-6,13H,3-4,7-12H2,1-2H3. The summed E-state index contributed by atoms with van der Waals surface area (Å²) >= 11 is 0. The molecule has 2 rings (SSSR count). The van der Waals surface area contributed by atoms with Crippen LogP contribution in [0.1, 0.15) is 29.6 Å². The number of ether oxygens (including phenoxy) is 2. The van der Waals surface area contributed by atoms with Crippen molar-refractivity contribution in [2.24, 2.45) is 0 Å². The molecule has 1 fully saturated rings. The number of halogens is 1. The summed E-state index contributed by atoms with van der Waals surface area (Å²) < 4.78 is 24.1. The SMILES string of the molecule is COCCN(CCC(=O)OC)C(=O)c1ccc(N2CCCC2)c(F)c1. The van der Waals surface area contributed by atoms with Crippen molar-refractivity contribution in [3.05, 3.63) is 29.6 Å². The summed E-state index contributed by atoms with van der Waals surface area (Å²) in [6, 6.07) is 4.56. The molecular weight excluding hydrogens is 327 g/mol. The molecule has 0 unspecified atom stereocenters. The molecule has 1 aliphatic heterocycles. The number of carbonyl (C=O) groups is 2. The van der Waals surface area contributed by atoms with Crippen molar-refractivity contribution < 1.29 is 23.5 Å². The Morgan fingerprint density at radius 2 is 1.92 bits per heavy atom. The average molecular weight is 352 g/mol. The molecule has 6 nitrogen and oxygen atoms in total. The van der Waals surface area contributed by atoms with Crippen LogP contribution in [0.25, 0.3) is 0 Å².